The van der Waals surface area contributed by atoms with Gasteiger partial charge in [-0.25, -0.2) is 46.8 Å². The van der Waals surface area contributed by atoms with Crippen LogP contribution in [0.3, 0.4) is 0 Å². The summed E-state index contributed by atoms with van der Waals surface area (Å²) in [6.07, 6.45) is 20.6. The van der Waals surface area contributed by atoms with Crippen molar-refractivity contribution in [2.24, 2.45) is 0 Å². The normalized spacial score (nSPS) is 15.8. The van der Waals surface area contributed by atoms with E-state index in [9.17, 15) is 36.7 Å². The van der Waals surface area contributed by atoms with Gasteiger partial charge in [-0.15, -0.1) is 0 Å². The second kappa shape index (κ2) is 39.1. The van der Waals surface area contributed by atoms with Gasteiger partial charge in [0.05, 0.1) is 146 Å². The van der Waals surface area contributed by atoms with Crippen LogP contribution in [0.2, 0.25) is 0 Å². The molecule has 4 aliphatic rings. The van der Waals surface area contributed by atoms with E-state index in [0.717, 1.165) is 221 Å². The van der Waals surface area contributed by atoms with Gasteiger partial charge < -0.3 is 19.6 Å². The topological polar surface area (TPSA) is 281 Å². The fraction of sp³-hybridized carbons (Fsp3) is 0.411. The molecule has 0 spiro atoms. The van der Waals surface area contributed by atoms with Crippen LogP contribution in [0.1, 0.15) is 110 Å². The first-order valence-corrected chi connectivity index (χ1v) is 45.1. The van der Waals surface area contributed by atoms with Gasteiger partial charge in [-0.3, -0.25) is 80.2 Å². The second-order valence-corrected chi connectivity index (χ2v) is 34.0. The quantitative estimate of drug-likeness (QED) is 0.0604. The van der Waals surface area contributed by atoms with Crippen molar-refractivity contribution < 1.29 is 17.6 Å². The van der Waals surface area contributed by atoms with Gasteiger partial charge in [0, 0.05) is 153 Å². The molecule has 16 aromatic heterocycles. The van der Waals surface area contributed by atoms with Crippen LogP contribution < -0.4 is 36.9 Å². The maximum absolute atomic E-state index is 13.0. The number of piperazine rings is 3. The number of fused-ring (bicyclic) bond motifs is 8. The molecule has 35 heteroatoms. The molecular formula is C95H109F4N27O4. The van der Waals surface area contributed by atoms with E-state index in [-0.39, 0.29) is 55.0 Å². The second-order valence-electron chi connectivity index (χ2n) is 34.0. The number of rotatable bonds is 21. The number of pyridine rings is 4. The number of aryl methyl sites for hydroxylation is 8. The van der Waals surface area contributed by atoms with Gasteiger partial charge in [0.1, 0.15) is 58.7 Å². The van der Waals surface area contributed by atoms with E-state index in [4.69, 9.17) is 19.9 Å². The fourth-order valence-corrected chi connectivity index (χ4v) is 18.2. The Morgan fingerprint density at radius 3 is 1.05 bits per heavy atom. The van der Waals surface area contributed by atoms with E-state index in [1.165, 1.54) is 12.1 Å². The van der Waals surface area contributed by atoms with Gasteiger partial charge in [0.25, 0.3) is 22.2 Å². The molecule has 676 valence electrons. The lowest BCUT2D eigenvalue weighted by Crippen LogP contribution is -2.52. The number of anilines is 3. The van der Waals surface area contributed by atoms with E-state index in [1.807, 2.05) is 164 Å². The van der Waals surface area contributed by atoms with Crippen molar-refractivity contribution in [3.63, 3.8) is 0 Å². The van der Waals surface area contributed by atoms with Gasteiger partial charge in [-0.2, -0.15) is 20.4 Å². The van der Waals surface area contributed by atoms with Crippen LogP contribution in [0.15, 0.2) is 166 Å². The molecule has 0 radical (unpaired) electrons. The highest BCUT2D eigenvalue weighted by molar-refractivity contribution is 5.71. The van der Waals surface area contributed by atoms with Crippen LogP contribution in [0.4, 0.5) is 34.6 Å². The number of likely N-dealkylation sites (tertiary alicyclic amines) is 1. The molecular weight excluding hydrogens is 1660 g/mol. The number of piperidine rings is 1. The molecule has 4 aliphatic heterocycles. The van der Waals surface area contributed by atoms with Crippen molar-refractivity contribution in [2.75, 3.05) is 153 Å². The van der Waals surface area contributed by atoms with Crippen LogP contribution in [-0.4, -0.2) is 260 Å². The minimum atomic E-state index is -0.327. The van der Waals surface area contributed by atoms with Gasteiger partial charge in [-0.1, -0.05) is 26.8 Å². The maximum atomic E-state index is 13.0. The van der Waals surface area contributed by atoms with Crippen molar-refractivity contribution in [1.82, 2.24) is 116 Å². The van der Waals surface area contributed by atoms with Gasteiger partial charge in [0.2, 0.25) is 0 Å². The Morgan fingerprint density at radius 1 is 0.331 bits per heavy atom. The minimum Gasteiger partial charge on any atom is -0.368 e. The van der Waals surface area contributed by atoms with Crippen LogP contribution in [0.5, 0.6) is 0 Å². The number of nitrogens with zero attached hydrogens (tertiary/aromatic N) is 27. The first kappa shape index (κ1) is 88.9. The van der Waals surface area contributed by atoms with Gasteiger partial charge >= 0.3 is 0 Å². The standard InChI is InChI=1S/2C24H28FN7O.C24H27FN6O.C23H26FN7O/c1-4-19-22-11-21(28-32(22)13-16(2)26-19)20-12-24(33)31-15-18(5-6-23(31)27-20)30-10-9-29(8-7-25)17(3)14-30;1-3-19-22-13-21(28-32(22)15-17(2)26-19)20-14-24(33)31-16-18(5-6-23(31)27-20)30-11-9-29(10-12-30)8-4-7-25;1-16-14-31-22(17(2)26-16)12-21(28-31)20-13-24(32)30-15-19(4-5-23(30)27-20)18-6-10-29(11-7-18)9-3-8-25;1-3-18-21-12-20(27-31(21)14-16(2)25-18)19-13-23(32)30-15-17(4-5-22(30)26-19)29-10-8-28(7-6-24)9-11-29/h5-6,11-13,15,17H,4,7-10,14H2,1-3H3;5-6,13-16H,3-4,7-12H2,1-2H3;4-5,12-15,18H,3,6-11H2,1-2H3;4-5,12-15H,3,6-11H2,1-2H3/t17-;;;/m1.../s1. The average Bonchev–Trinajstić information content (AvgIpc) is 1.39. The average molecular weight is 1770 g/mol. The molecule has 0 bridgehead atoms. The molecule has 0 aromatic carbocycles. The van der Waals surface area contributed by atoms with Crippen LogP contribution in [0, 0.1) is 34.6 Å². The summed E-state index contributed by atoms with van der Waals surface area (Å²) in [5.41, 5.74) is 21.8. The molecule has 0 amide bonds. The molecule has 0 saturated carbocycles. The molecule has 31 nitrogen and oxygen atoms in total. The summed E-state index contributed by atoms with van der Waals surface area (Å²) in [5.74, 6) is 0.407. The van der Waals surface area contributed by atoms with Gasteiger partial charge in [-0.05, 0) is 178 Å². The zero-order valence-electron chi connectivity index (χ0n) is 75.0. The Labute approximate surface area is 747 Å². The van der Waals surface area contributed by atoms with Crippen molar-refractivity contribution in [3.05, 3.63) is 239 Å². The monoisotopic (exact) mass is 1770 g/mol. The predicted octanol–water partition coefficient (Wildman–Crippen LogP) is 11.4. The van der Waals surface area contributed by atoms with E-state index < -0.39 is 0 Å². The number of hydrogen-bond acceptors (Lipinski definition) is 23. The zero-order valence-corrected chi connectivity index (χ0v) is 75.0. The summed E-state index contributed by atoms with van der Waals surface area (Å²) in [7, 11) is 0. The molecule has 130 heavy (non-hydrogen) atoms. The predicted molar refractivity (Wildman–Crippen MR) is 498 cm³/mol. The molecule has 4 saturated heterocycles. The van der Waals surface area contributed by atoms with Crippen molar-refractivity contribution in [1.29, 1.82) is 0 Å². The Morgan fingerprint density at radius 2 is 0.669 bits per heavy atom. The largest absolute Gasteiger partial charge is 0.368 e. The fourth-order valence-electron chi connectivity index (χ4n) is 18.2. The Hall–Kier alpha value is -13.1. The zero-order chi connectivity index (χ0) is 90.5. The van der Waals surface area contributed by atoms with Crippen LogP contribution in [0.25, 0.3) is 90.2 Å². The Balaban J connectivity index is 0.000000121. The number of aromatic nitrogens is 20. The molecule has 0 unspecified atom stereocenters. The van der Waals surface area contributed by atoms with Crippen LogP contribution >= 0.6 is 0 Å². The summed E-state index contributed by atoms with van der Waals surface area (Å²) in [6, 6.07) is 29.8. The lowest BCUT2D eigenvalue weighted by molar-refractivity contribution is 0.175. The maximum Gasteiger partial charge on any atom is 0.258 e. The lowest BCUT2D eigenvalue weighted by Gasteiger charge is -2.40. The summed E-state index contributed by atoms with van der Waals surface area (Å²) < 4.78 is 63.8. The molecule has 16 aromatic rings. The van der Waals surface area contributed by atoms with Gasteiger partial charge in [0.15, 0.2) is 0 Å². The van der Waals surface area contributed by atoms with E-state index in [0.29, 0.717) is 100.0 Å². The molecule has 20 heterocycles. The summed E-state index contributed by atoms with van der Waals surface area (Å²) in [6.45, 7) is 30.5. The summed E-state index contributed by atoms with van der Waals surface area (Å²) >= 11 is 0. The number of alkyl halides is 4. The van der Waals surface area contributed by atoms with Crippen molar-refractivity contribution >= 4 is 61.7 Å². The van der Waals surface area contributed by atoms with E-state index in [1.54, 1.807) is 34.3 Å². The van der Waals surface area contributed by atoms with E-state index in [2.05, 4.69) is 108 Å². The van der Waals surface area contributed by atoms with Crippen molar-refractivity contribution in [3.8, 4) is 45.6 Å². The Kier molecular flexibility index (Phi) is 26.7. The third-order valence-corrected chi connectivity index (χ3v) is 25.0. The molecule has 1 atom stereocenters. The molecule has 4 fully saturated rings. The third kappa shape index (κ3) is 19.3. The molecule has 20 rings (SSSR count). The lowest BCUT2D eigenvalue weighted by atomic mass is 9.90. The number of halogens is 4. The highest BCUT2D eigenvalue weighted by Gasteiger charge is 2.28. The summed E-state index contributed by atoms with van der Waals surface area (Å²) in [4.78, 5) is 105. The summed E-state index contributed by atoms with van der Waals surface area (Å²) in [5, 5.41) is 18.5. The first-order chi connectivity index (χ1) is 63.1. The van der Waals surface area contributed by atoms with Crippen LogP contribution in [-0.2, 0) is 19.3 Å². The number of hydrogen-bond donors (Lipinski definition) is 0. The highest BCUT2D eigenvalue weighted by atomic mass is 19.1. The SMILES string of the molecule is CCc1nc(C)cn2nc(-c3cc(=O)n4cc(N5CCN(CCCF)CC5)ccc4n3)cc12.CCc1nc(C)cn2nc(-c3cc(=O)n4cc(N5CCN(CCF)CC5)ccc4n3)cc12.CCc1nc(C)cn2nc(-c3cc(=O)n4cc(N5CCN(CCF)[C@H](C)C5)ccc4n3)cc12.Cc1cn2nc(-c3cc(=O)n4cc(C5CCN(CCCF)CC5)ccc4n3)cc2c(C)n1. The third-order valence-electron chi connectivity index (χ3n) is 25.0. The molecule has 0 N–H and O–H groups in total. The Bertz CT molecular complexity index is 7080. The first-order valence-electron chi connectivity index (χ1n) is 45.1. The molecule has 0 aliphatic carbocycles. The smallest absolute Gasteiger partial charge is 0.258 e. The highest BCUT2D eigenvalue weighted by Crippen LogP contribution is 2.32. The minimum absolute atomic E-state index is 0.115. The van der Waals surface area contributed by atoms with E-state index >= 15 is 0 Å². The van der Waals surface area contributed by atoms with Crippen molar-refractivity contribution in [2.45, 2.75) is 119 Å².